The third-order valence-electron chi connectivity index (χ3n) is 3.99. The Kier molecular flexibility index (Phi) is 12.0. The van der Waals surface area contributed by atoms with Gasteiger partial charge in [-0.05, 0) is 18.9 Å². The van der Waals surface area contributed by atoms with Gasteiger partial charge in [-0.25, -0.2) is 0 Å². The molecule has 0 spiro atoms. The largest absolute Gasteiger partial charge is 0.458 e. The smallest absolute Gasteiger partial charge is 0.161 e. The van der Waals surface area contributed by atoms with Crippen molar-refractivity contribution in [2.45, 2.75) is 90.4 Å². The van der Waals surface area contributed by atoms with Crippen LogP contribution in [0, 0.1) is 0 Å². The standard InChI is InChI=1S/C20H34O/c1-2-3-4-5-6-7-8-9-10-11-12-13-14-15-16-17-18-20-19-21-20/h15-19H,2-14H2,1H3/b16-15+,18-17-. The van der Waals surface area contributed by atoms with E-state index in [9.17, 15) is 0 Å². The average Bonchev–Trinajstić information content (AvgIpc) is 3.31. The van der Waals surface area contributed by atoms with Crippen molar-refractivity contribution in [3.05, 3.63) is 36.3 Å². The molecule has 1 aliphatic rings. The molecule has 1 heteroatoms. The van der Waals surface area contributed by atoms with Crippen molar-refractivity contribution in [1.82, 2.24) is 0 Å². The number of ether oxygens (including phenoxy) is 1. The number of unbranched alkanes of at least 4 members (excludes halogenated alkanes) is 12. The topological polar surface area (TPSA) is 12.5 Å². The van der Waals surface area contributed by atoms with Gasteiger partial charge in [-0.2, -0.15) is 0 Å². The highest BCUT2D eigenvalue weighted by atomic mass is 16.5. The Morgan fingerprint density at radius 3 is 1.81 bits per heavy atom. The summed E-state index contributed by atoms with van der Waals surface area (Å²) >= 11 is 0. The molecule has 0 atom stereocenters. The third kappa shape index (κ3) is 13.7. The maximum Gasteiger partial charge on any atom is 0.161 e. The summed E-state index contributed by atoms with van der Waals surface area (Å²) in [6.07, 6.45) is 28.5. The van der Waals surface area contributed by atoms with Crippen molar-refractivity contribution < 1.29 is 4.74 Å². The molecule has 0 aromatic heterocycles. The van der Waals surface area contributed by atoms with Crippen LogP contribution in [0.2, 0.25) is 0 Å². The van der Waals surface area contributed by atoms with Crippen LogP contribution >= 0.6 is 0 Å². The van der Waals surface area contributed by atoms with Gasteiger partial charge in [0.2, 0.25) is 0 Å². The first-order valence-corrected chi connectivity index (χ1v) is 9.13. The minimum Gasteiger partial charge on any atom is -0.458 e. The Labute approximate surface area is 132 Å². The zero-order chi connectivity index (χ0) is 15.0. The lowest BCUT2D eigenvalue weighted by Crippen LogP contribution is -1.82. The molecular weight excluding hydrogens is 256 g/mol. The Bertz CT molecular complexity index is 312. The summed E-state index contributed by atoms with van der Waals surface area (Å²) in [5.41, 5.74) is 0. The number of hydrogen-bond donors (Lipinski definition) is 0. The fourth-order valence-corrected chi connectivity index (χ4v) is 2.54. The van der Waals surface area contributed by atoms with Gasteiger partial charge in [-0.15, -0.1) is 0 Å². The average molecular weight is 290 g/mol. The minimum absolute atomic E-state index is 0.991. The van der Waals surface area contributed by atoms with E-state index in [1.54, 1.807) is 6.26 Å². The van der Waals surface area contributed by atoms with Crippen molar-refractivity contribution in [2.75, 3.05) is 0 Å². The van der Waals surface area contributed by atoms with E-state index in [1.807, 2.05) is 6.08 Å². The van der Waals surface area contributed by atoms with Crippen LogP contribution in [0.1, 0.15) is 90.4 Å². The summed E-state index contributed by atoms with van der Waals surface area (Å²) in [6, 6.07) is 0. The second-order valence-electron chi connectivity index (χ2n) is 6.10. The van der Waals surface area contributed by atoms with E-state index in [0.717, 1.165) is 5.76 Å². The van der Waals surface area contributed by atoms with Gasteiger partial charge in [0, 0.05) is 0 Å². The van der Waals surface area contributed by atoms with E-state index in [4.69, 9.17) is 4.74 Å². The molecule has 120 valence electrons. The molecule has 0 radical (unpaired) electrons. The maximum absolute atomic E-state index is 4.90. The number of hydrogen-bond acceptors (Lipinski definition) is 1. The fourth-order valence-electron chi connectivity index (χ4n) is 2.54. The van der Waals surface area contributed by atoms with Crippen LogP contribution in [-0.4, -0.2) is 0 Å². The lowest BCUT2D eigenvalue weighted by atomic mass is 10.0. The molecule has 0 saturated carbocycles. The minimum atomic E-state index is 0.991. The van der Waals surface area contributed by atoms with Crippen LogP contribution < -0.4 is 0 Å². The lowest BCUT2D eigenvalue weighted by molar-refractivity contribution is 0.516. The zero-order valence-electron chi connectivity index (χ0n) is 14.0. The molecule has 0 fully saturated rings. The number of allylic oxidation sites excluding steroid dienone is 4. The molecule has 0 N–H and O–H groups in total. The molecule has 1 aliphatic heterocycles. The maximum atomic E-state index is 4.90. The van der Waals surface area contributed by atoms with Crippen molar-refractivity contribution in [3.63, 3.8) is 0 Å². The molecule has 21 heavy (non-hydrogen) atoms. The molecule has 0 aromatic carbocycles. The predicted octanol–water partition coefficient (Wildman–Crippen LogP) is 7.06. The van der Waals surface area contributed by atoms with Crippen molar-refractivity contribution in [1.29, 1.82) is 0 Å². The van der Waals surface area contributed by atoms with Crippen LogP contribution in [0.25, 0.3) is 0 Å². The highest BCUT2D eigenvalue weighted by Gasteiger charge is 2.01. The fraction of sp³-hybridized carbons (Fsp3) is 0.700. The monoisotopic (exact) mass is 290 g/mol. The normalized spacial score (nSPS) is 13.9. The summed E-state index contributed by atoms with van der Waals surface area (Å²) in [5, 5.41) is 0. The molecule has 1 nitrogen and oxygen atoms in total. The lowest BCUT2D eigenvalue weighted by Gasteiger charge is -2.02. The Morgan fingerprint density at radius 1 is 0.762 bits per heavy atom. The first-order valence-electron chi connectivity index (χ1n) is 9.13. The van der Waals surface area contributed by atoms with E-state index >= 15 is 0 Å². The van der Waals surface area contributed by atoms with Crippen molar-refractivity contribution in [2.24, 2.45) is 0 Å². The number of rotatable bonds is 15. The van der Waals surface area contributed by atoms with Gasteiger partial charge in [0.25, 0.3) is 0 Å². The van der Waals surface area contributed by atoms with E-state index in [2.05, 4.69) is 25.2 Å². The summed E-state index contributed by atoms with van der Waals surface area (Å²) < 4.78 is 4.90. The highest BCUT2D eigenvalue weighted by Crippen LogP contribution is 2.14. The van der Waals surface area contributed by atoms with Gasteiger partial charge in [0.05, 0.1) is 0 Å². The van der Waals surface area contributed by atoms with Crippen LogP contribution in [0.3, 0.4) is 0 Å². The molecule has 0 unspecified atom stereocenters. The molecular formula is C20H34O. The molecule has 1 heterocycles. The summed E-state index contributed by atoms with van der Waals surface area (Å²) in [5.74, 6) is 0.991. The second kappa shape index (κ2) is 14.0. The van der Waals surface area contributed by atoms with E-state index in [0.29, 0.717) is 0 Å². The predicted molar refractivity (Wildman–Crippen MR) is 93.1 cm³/mol. The first-order chi connectivity index (χ1) is 10.4. The molecule has 0 amide bonds. The Hall–Kier alpha value is -0.980. The summed E-state index contributed by atoms with van der Waals surface area (Å²) in [6.45, 7) is 2.29. The van der Waals surface area contributed by atoms with Crippen LogP contribution in [0.4, 0.5) is 0 Å². The summed E-state index contributed by atoms with van der Waals surface area (Å²) in [7, 11) is 0. The van der Waals surface area contributed by atoms with E-state index < -0.39 is 0 Å². The molecule has 0 saturated heterocycles. The quantitative estimate of drug-likeness (QED) is 0.232. The zero-order valence-corrected chi connectivity index (χ0v) is 14.0. The Morgan fingerprint density at radius 2 is 1.29 bits per heavy atom. The second-order valence-corrected chi connectivity index (χ2v) is 6.10. The van der Waals surface area contributed by atoms with Crippen LogP contribution in [-0.2, 0) is 4.74 Å². The molecule has 1 rings (SSSR count). The van der Waals surface area contributed by atoms with Crippen LogP contribution in [0.15, 0.2) is 36.3 Å². The van der Waals surface area contributed by atoms with Crippen molar-refractivity contribution in [3.8, 4) is 0 Å². The molecule has 0 aliphatic carbocycles. The van der Waals surface area contributed by atoms with Gasteiger partial charge in [-0.1, -0.05) is 95.8 Å². The summed E-state index contributed by atoms with van der Waals surface area (Å²) in [4.78, 5) is 0. The third-order valence-corrected chi connectivity index (χ3v) is 3.99. The van der Waals surface area contributed by atoms with Gasteiger partial charge < -0.3 is 4.74 Å². The highest BCUT2D eigenvalue weighted by molar-refractivity contribution is 5.22. The van der Waals surface area contributed by atoms with E-state index in [1.165, 1.54) is 83.5 Å². The van der Waals surface area contributed by atoms with E-state index in [-0.39, 0.29) is 0 Å². The van der Waals surface area contributed by atoms with Crippen molar-refractivity contribution >= 4 is 0 Å². The van der Waals surface area contributed by atoms with Gasteiger partial charge in [0.15, 0.2) is 5.76 Å². The molecule has 0 aromatic rings. The Balaban J connectivity index is 1.69. The first kappa shape index (κ1) is 18.1. The van der Waals surface area contributed by atoms with Crippen LogP contribution in [0.5, 0.6) is 0 Å². The van der Waals surface area contributed by atoms with Gasteiger partial charge in [-0.3, -0.25) is 0 Å². The van der Waals surface area contributed by atoms with Gasteiger partial charge >= 0.3 is 0 Å². The van der Waals surface area contributed by atoms with Gasteiger partial charge in [0.1, 0.15) is 6.26 Å². The SMILES string of the molecule is CCCCCCCCCCCCCC/C=C/C=C\C1=CO1. The molecule has 0 bridgehead atoms.